The van der Waals surface area contributed by atoms with Gasteiger partial charge < -0.3 is 15.4 Å². The summed E-state index contributed by atoms with van der Waals surface area (Å²) in [4.78, 5) is 4.98. The van der Waals surface area contributed by atoms with Gasteiger partial charge in [0.15, 0.2) is 0 Å². The number of ether oxygens (including phenoxy) is 1. The van der Waals surface area contributed by atoms with E-state index in [1.54, 1.807) is 0 Å². The van der Waals surface area contributed by atoms with Crippen LogP contribution in [0.5, 0.6) is 0 Å². The molecule has 0 aromatic rings. The summed E-state index contributed by atoms with van der Waals surface area (Å²) in [6, 6.07) is 0. The van der Waals surface area contributed by atoms with Crippen LogP contribution in [0.4, 0.5) is 0 Å². The minimum absolute atomic E-state index is 0.102. The van der Waals surface area contributed by atoms with Crippen molar-refractivity contribution in [2.75, 3.05) is 46.4 Å². The second kappa shape index (κ2) is 5.00. The molecule has 2 rings (SSSR count). The van der Waals surface area contributed by atoms with Crippen molar-refractivity contribution in [1.29, 1.82) is 0 Å². The molecule has 2 aliphatic heterocycles. The van der Waals surface area contributed by atoms with Gasteiger partial charge in [-0.1, -0.05) is 0 Å². The number of likely N-dealkylation sites (N-methyl/N-ethyl adjacent to an activating group) is 1. The first-order chi connectivity index (χ1) is 7.69. The molecular weight excluding hydrogens is 202 g/mol. The Morgan fingerprint density at radius 1 is 1.31 bits per heavy atom. The maximum Gasteiger partial charge on any atom is 0.0743 e. The van der Waals surface area contributed by atoms with Gasteiger partial charge in [-0.3, -0.25) is 4.90 Å². The zero-order valence-electron chi connectivity index (χ0n) is 10.6. The lowest BCUT2D eigenvalue weighted by molar-refractivity contribution is 0.0166. The number of hydrogen-bond donors (Lipinski definition) is 1. The summed E-state index contributed by atoms with van der Waals surface area (Å²) in [5.74, 6) is 0. The van der Waals surface area contributed by atoms with Crippen molar-refractivity contribution in [3.8, 4) is 0 Å². The Labute approximate surface area is 98.7 Å². The van der Waals surface area contributed by atoms with E-state index in [1.807, 2.05) is 0 Å². The molecular formula is C12H25N3O. The summed E-state index contributed by atoms with van der Waals surface area (Å²) in [6.07, 6.45) is 2.61. The SMILES string of the molecule is CC1OCCC1(CN)N1CCCN(C)CC1. The van der Waals surface area contributed by atoms with E-state index in [2.05, 4.69) is 23.8 Å². The third kappa shape index (κ3) is 2.12. The molecule has 94 valence electrons. The first kappa shape index (κ1) is 12.3. The molecule has 0 radical (unpaired) electrons. The van der Waals surface area contributed by atoms with Gasteiger partial charge in [-0.25, -0.2) is 0 Å². The number of nitrogens with two attached hydrogens (primary N) is 1. The van der Waals surface area contributed by atoms with Crippen LogP contribution < -0.4 is 5.73 Å². The molecule has 0 aliphatic carbocycles. The predicted octanol–water partition coefficient (Wildman–Crippen LogP) is 0.130. The van der Waals surface area contributed by atoms with Gasteiger partial charge in [-0.15, -0.1) is 0 Å². The standard InChI is InChI=1S/C12H25N3O/c1-11-12(10-13,4-9-16-11)15-6-3-5-14(2)7-8-15/h11H,3-10,13H2,1-2H3. The van der Waals surface area contributed by atoms with Crippen molar-refractivity contribution in [2.45, 2.75) is 31.4 Å². The van der Waals surface area contributed by atoms with Gasteiger partial charge in [0.25, 0.3) is 0 Å². The molecule has 2 heterocycles. The molecule has 2 atom stereocenters. The van der Waals surface area contributed by atoms with Crippen LogP contribution in [-0.2, 0) is 4.74 Å². The summed E-state index contributed by atoms with van der Waals surface area (Å²) < 4.78 is 5.75. The molecule has 16 heavy (non-hydrogen) atoms. The van der Waals surface area contributed by atoms with E-state index < -0.39 is 0 Å². The Hall–Kier alpha value is -0.160. The highest BCUT2D eigenvalue weighted by Gasteiger charge is 2.45. The summed E-state index contributed by atoms with van der Waals surface area (Å²) in [6.45, 7) is 8.40. The lowest BCUT2D eigenvalue weighted by Crippen LogP contribution is -2.59. The maximum atomic E-state index is 6.04. The molecule has 4 nitrogen and oxygen atoms in total. The molecule has 2 aliphatic rings. The largest absolute Gasteiger partial charge is 0.376 e. The van der Waals surface area contributed by atoms with Gasteiger partial charge >= 0.3 is 0 Å². The fourth-order valence-electron chi connectivity index (χ4n) is 3.08. The second-order valence-electron chi connectivity index (χ2n) is 5.21. The molecule has 2 saturated heterocycles. The average Bonchev–Trinajstić information content (AvgIpc) is 2.51. The van der Waals surface area contributed by atoms with E-state index in [-0.39, 0.29) is 11.6 Å². The number of hydrogen-bond acceptors (Lipinski definition) is 4. The minimum atomic E-state index is 0.102. The maximum absolute atomic E-state index is 6.04. The Morgan fingerprint density at radius 3 is 2.75 bits per heavy atom. The van der Waals surface area contributed by atoms with Gasteiger partial charge in [0, 0.05) is 32.8 Å². The van der Waals surface area contributed by atoms with Crippen LogP contribution in [0.1, 0.15) is 19.8 Å². The van der Waals surface area contributed by atoms with Gasteiger partial charge in [-0.2, -0.15) is 0 Å². The van der Waals surface area contributed by atoms with Crippen molar-refractivity contribution >= 4 is 0 Å². The van der Waals surface area contributed by atoms with Crippen LogP contribution >= 0.6 is 0 Å². The highest BCUT2D eigenvalue weighted by atomic mass is 16.5. The first-order valence-electron chi connectivity index (χ1n) is 6.44. The van der Waals surface area contributed by atoms with E-state index in [4.69, 9.17) is 10.5 Å². The van der Waals surface area contributed by atoms with Crippen molar-refractivity contribution in [3.05, 3.63) is 0 Å². The smallest absolute Gasteiger partial charge is 0.0743 e. The molecule has 0 spiro atoms. The van der Waals surface area contributed by atoms with E-state index >= 15 is 0 Å². The predicted molar refractivity (Wildman–Crippen MR) is 65.5 cm³/mol. The normalized spacial score (nSPS) is 38.8. The summed E-state index contributed by atoms with van der Waals surface area (Å²) in [7, 11) is 2.20. The summed E-state index contributed by atoms with van der Waals surface area (Å²) >= 11 is 0. The van der Waals surface area contributed by atoms with Crippen LogP contribution in [0, 0.1) is 0 Å². The summed E-state index contributed by atoms with van der Waals surface area (Å²) in [5, 5.41) is 0. The van der Waals surface area contributed by atoms with Crippen LogP contribution in [0.15, 0.2) is 0 Å². The van der Waals surface area contributed by atoms with Gasteiger partial charge in [0.05, 0.1) is 11.6 Å². The third-order valence-electron chi connectivity index (χ3n) is 4.36. The molecule has 0 bridgehead atoms. The highest BCUT2D eigenvalue weighted by Crippen LogP contribution is 2.31. The molecule has 0 amide bonds. The minimum Gasteiger partial charge on any atom is -0.376 e. The lowest BCUT2D eigenvalue weighted by atomic mass is 9.89. The van der Waals surface area contributed by atoms with Crippen LogP contribution in [-0.4, -0.2) is 67.8 Å². The van der Waals surface area contributed by atoms with Crippen LogP contribution in [0.25, 0.3) is 0 Å². The van der Waals surface area contributed by atoms with Crippen molar-refractivity contribution in [1.82, 2.24) is 9.80 Å². The summed E-state index contributed by atoms with van der Waals surface area (Å²) in [5.41, 5.74) is 6.14. The molecule has 0 aromatic carbocycles. The molecule has 0 aromatic heterocycles. The average molecular weight is 227 g/mol. The Balaban J connectivity index is 2.08. The third-order valence-corrected chi connectivity index (χ3v) is 4.36. The highest BCUT2D eigenvalue weighted by molar-refractivity contribution is 5.01. The zero-order valence-corrected chi connectivity index (χ0v) is 10.6. The quantitative estimate of drug-likeness (QED) is 0.728. The Morgan fingerprint density at radius 2 is 2.12 bits per heavy atom. The Bertz CT molecular complexity index is 236. The van der Waals surface area contributed by atoms with Gasteiger partial charge in [-0.05, 0) is 33.4 Å². The van der Waals surface area contributed by atoms with E-state index in [0.29, 0.717) is 0 Å². The second-order valence-corrected chi connectivity index (χ2v) is 5.21. The van der Waals surface area contributed by atoms with Crippen molar-refractivity contribution in [3.63, 3.8) is 0 Å². The molecule has 4 heteroatoms. The van der Waals surface area contributed by atoms with Crippen LogP contribution in [0.3, 0.4) is 0 Å². The number of nitrogens with zero attached hydrogens (tertiary/aromatic N) is 2. The molecule has 2 N–H and O–H groups in total. The fraction of sp³-hybridized carbons (Fsp3) is 1.00. The van der Waals surface area contributed by atoms with Crippen molar-refractivity contribution < 1.29 is 4.74 Å². The van der Waals surface area contributed by atoms with E-state index in [9.17, 15) is 0 Å². The number of rotatable bonds is 2. The topological polar surface area (TPSA) is 41.7 Å². The van der Waals surface area contributed by atoms with Crippen LogP contribution in [0.2, 0.25) is 0 Å². The van der Waals surface area contributed by atoms with E-state index in [0.717, 1.165) is 39.2 Å². The fourth-order valence-corrected chi connectivity index (χ4v) is 3.08. The van der Waals surface area contributed by atoms with E-state index in [1.165, 1.54) is 13.0 Å². The van der Waals surface area contributed by atoms with Gasteiger partial charge in [0.2, 0.25) is 0 Å². The lowest BCUT2D eigenvalue weighted by Gasteiger charge is -2.42. The first-order valence-corrected chi connectivity index (χ1v) is 6.44. The molecule has 2 fully saturated rings. The zero-order chi connectivity index (χ0) is 11.6. The monoisotopic (exact) mass is 227 g/mol. The Kier molecular flexibility index (Phi) is 3.85. The molecule has 0 saturated carbocycles. The van der Waals surface area contributed by atoms with Crippen molar-refractivity contribution in [2.24, 2.45) is 5.73 Å². The van der Waals surface area contributed by atoms with Gasteiger partial charge in [0.1, 0.15) is 0 Å². The molecule has 2 unspecified atom stereocenters.